The summed E-state index contributed by atoms with van der Waals surface area (Å²) in [6, 6.07) is 2.64. The molecule has 4 rings (SSSR count). The van der Waals surface area contributed by atoms with E-state index in [1.165, 1.54) is 12.3 Å². The van der Waals surface area contributed by atoms with E-state index in [9.17, 15) is 18.0 Å². The van der Waals surface area contributed by atoms with Gasteiger partial charge in [0.1, 0.15) is 5.82 Å². The number of halogens is 3. The molecule has 0 aromatic carbocycles. The van der Waals surface area contributed by atoms with Crippen molar-refractivity contribution in [3.63, 3.8) is 0 Å². The van der Waals surface area contributed by atoms with E-state index in [4.69, 9.17) is 0 Å². The third-order valence-corrected chi connectivity index (χ3v) is 5.80. The number of allylic oxidation sites excluding steroid dienone is 1. The normalized spacial score (nSPS) is 28.5. The van der Waals surface area contributed by atoms with Crippen LogP contribution in [0.1, 0.15) is 31.2 Å². The first kappa shape index (κ1) is 17.4. The number of likely N-dealkylation sites (tertiary alicyclic amines) is 1. The van der Waals surface area contributed by atoms with Gasteiger partial charge in [-0.05, 0) is 37.8 Å². The Morgan fingerprint density at radius 3 is 2.77 bits per heavy atom. The van der Waals surface area contributed by atoms with Gasteiger partial charge in [0.05, 0.1) is 11.5 Å². The van der Waals surface area contributed by atoms with Crippen LogP contribution in [0, 0.1) is 11.8 Å². The highest BCUT2D eigenvalue weighted by Crippen LogP contribution is 2.38. The monoisotopic (exact) mass is 365 g/mol. The number of nitrogens with zero attached hydrogens (tertiary/aromatic N) is 3. The number of pyridine rings is 1. The molecule has 26 heavy (non-hydrogen) atoms. The summed E-state index contributed by atoms with van der Waals surface area (Å²) in [6.07, 6.45) is 4.57. The maximum absolute atomic E-state index is 13.3. The first-order valence-electron chi connectivity index (χ1n) is 9.18. The van der Waals surface area contributed by atoms with Crippen LogP contribution >= 0.6 is 0 Å². The number of piperidine rings is 1. The van der Waals surface area contributed by atoms with E-state index in [0.29, 0.717) is 25.4 Å². The van der Waals surface area contributed by atoms with E-state index in [-0.39, 0.29) is 23.7 Å². The van der Waals surface area contributed by atoms with Crippen LogP contribution in [0.2, 0.25) is 0 Å². The number of anilines is 1. The molecule has 0 N–H and O–H groups in total. The smallest absolute Gasteiger partial charge is 0.355 e. The van der Waals surface area contributed by atoms with Crippen molar-refractivity contribution < 1.29 is 18.0 Å². The van der Waals surface area contributed by atoms with Crippen LogP contribution in [0.3, 0.4) is 0 Å². The minimum absolute atomic E-state index is 0.0559. The topological polar surface area (TPSA) is 36.4 Å². The molecule has 1 unspecified atom stereocenters. The molecule has 1 aromatic rings. The van der Waals surface area contributed by atoms with Crippen LogP contribution < -0.4 is 4.90 Å². The number of hydrogen-bond donors (Lipinski definition) is 0. The minimum Gasteiger partial charge on any atom is -0.355 e. The van der Waals surface area contributed by atoms with Gasteiger partial charge in [-0.1, -0.05) is 12.2 Å². The van der Waals surface area contributed by atoms with Crippen LogP contribution in [0.15, 0.2) is 30.5 Å². The summed E-state index contributed by atoms with van der Waals surface area (Å²) >= 11 is 0. The second kappa shape index (κ2) is 6.59. The molecule has 4 nitrogen and oxygen atoms in total. The zero-order valence-corrected chi connectivity index (χ0v) is 14.5. The van der Waals surface area contributed by atoms with E-state index < -0.39 is 11.7 Å². The molecule has 0 radical (unpaired) electrons. The van der Waals surface area contributed by atoms with Gasteiger partial charge in [-0.15, -0.1) is 0 Å². The van der Waals surface area contributed by atoms with Crippen molar-refractivity contribution in [2.24, 2.45) is 11.8 Å². The lowest BCUT2D eigenvalue weighted by atomic mass is 9.79. The lowest BCUT2D eigenvalue weighted by Crippen LogP contribution is -2.61. The van der Waals surface area contributed by atoms with E-state index in [0.717, 1.165) is 31.9 Å². The molecule has 3 atom stereocenters. The minimum atomic E-state index is -4.44. The summed E-state index contributed by atoms with van der Waals surface area (Å²) in [7, 11) is 0. The second-order valence-corrected chi connectivity index (χ2v) is 7.42. The van der Waals surface area contributed by atoms with E-state index in [2.05, 4.69) is 17.1 Å². The zero-order valence-electron chi connectivity index (χ0n) is 14.5. The Kier molecular flexibility index (Phi) is 4.40. The average Bonchev–Trinajstić information content (AvgIpc) is 2.62. The third kappa shape index (κ3) is 3.08. The number of carbonyl (C=O) groups excluding carboxylic acids is 1. The Bertz CT molecular complexity index is 718. The van der Waals surface area contributed by atoms with Crippen molar-refractivity contribution in [2.45, 2.75) is 37.9 Å². The number of amides is 1. The predicted octanol–water partition coefficient (Wildman–Crippen LogP) is 3.49. The van der Waals surface area contributed by atoms with E-state index in [1.54, 1.807) is 4.90 Å². The highest BCUT2D eigenvalue weighted by atomic mass is 19.4. The van der Waals surface area contributed by atoms with Crippen molar-refractivity contribution in [1.29, 1.82) is 0 Å². The number of rotatable bonds is 2. The number of aromatic nitrogens is 1. The number of carbonyl (C=O) groups is 1. The van der Waals surface area contributed by atoms with Crippen LogP contribution in [-0.2, 0) is 11.0 Å². The molecule has 1 aromatic heterocycles. The maximum atomic E-state index is 13.3. The van der Waals surface area contributed by atoms with Crippen LogP contribution in [0.4, 0.5) is 19.0 Å². The molecule has 0 saturated carbocycles. The summed E-state index contributed by atoms with van der Waals surface area (Å²) in [5.41, 5.74) is -0.727. The fourth-order valence-corrected chi connectivity index (χ4v) is 4.41. The van der Waals surface area contributed by atoms with Gasteiger partial charge in [0.15, 0.2) is 0 Å². The van der Waals surface area contributed by atoms with Crippen LogP contribution in [0.25, 0.3) is 0 Å². The summed E-state index contributed by atoms with van der Waals surface area (Å²) in [5.74, 6) is 0.338. The van der Waals surface area contributed by atoms with Gasteiger partial charge in [0.2, 0.25) is 5.91 Å². The molecule has 2 saturated heterocycles. The Morgan fingerprint density at radius 2 is 2.00 bits per heavy atom. The predicted molar refractivity (Wildman–Crippen MR) is 91.5 cm³/mol. The molecular weight excluding hydrogens is 343 g/mol. The largest absolute Gasteiger partial charge is 0.419 e. The number of fused-ring (bicyclic) bond motifs is 1. The van der Waals surface area contributed by atoms with Gasteiger partial charge < -0.3 is 9.80 Å². The van der Waals surface area contributed by atoms with Crippen molar-refractivity contribution in [2.75, 3.05) is 24.5 Å². The van der Waals surface area contributed by atoms with Gasteiger partial charge in [0, 0.05) is 37.8 Å². The molecule has 140 valence electrons. The first-order valence-corrected chi connectivity index (χ1v) is 9.18. The van der Waals surface area contributed by atoms with E-state index in [1.807, 2.05) is 4.90 Å². The molecule has 2 fully saturated rings. The fourth-order valence-electron chi connectivity index (χ4n) is 4.41. The quantitative estimate of drug-likeness (QED) is 0.753. The van der Waals surface area contributed by atoms with Crippen molar-refractivity contribution in [3.8, 4) is 0 Å². The zero-order chi connectivity index (χ0) is 18.3. The highest BCUT2D eigenvalue weighted by molar-refractivity contribution is 5.81. The lowest BCUT2D eigenvalue weighted by Gasteiger charge is -2.51. The van der Waals surface area contributed by atoms with Crippen molar-refractivity contribution in [3.05, 3.63) is 36.0 Å². The molecule has 3 heterocycles. The Morgan fingerprint density at radius 1 is 1.19 bits per heavy atom. The van der Waals surface area contributed by atoms with E-state index >= 15 is 0 Å². The molecule has 7 heteroatoms. The SMILES string of the molecule is O=C(C1CCCN(c2ncccc2C(F)(F)F)C1)N1C[C@@H]2CC=CC[C@@H]21. The summed E-state index contributed by atoms with van der Waals surface area (Å²) < 4.78 is 39.9. The molecule has 0 bridgehead atoms. The van der Waals surface area contributed by atoms with Gasteiger partial charge in [0.25, 0.3) is 0 Å². The van der Waals surface area contributed by atoms with Crippen molar-refractivity contribution >= 4 is 11.7 Å². The van der Waals surface area contributed by atoms with Crippen LogP contribution in [-0.4, -0.2) is 41.5 Å². The molecule has 2 aliphatic heterocycles. The Labute approximate surface area is 150 Å². The van der Waals surface area contributed by atoms with Crippen molar-refractivity contribution in [1.82, 2.24) is 9.88 Å². The molecule has 1 aliphatic carbocycles. The van der Waals surface area contributed by atoms with Crippen LogP contribution in [0.5, 0.6) is 0 Å². The molecule has 3 aliphatic rings. The van der Waals surface area contributed by atoms with Gasteiger partial charge in [-0.25, -0.2) is 4.98 Å². The average molecular weight is 365 g/mol. The highest BCUT2D eigenvalue weighted by Gasteiger charge is 2.44. The first-order chi connectivity index (χ1) is 12.4. The molecule has 0 spiro atoms. The summed E-state index contributed by atoms with van der Waals surface area (Å²) in [6.45, 7) is 1.59. The third-order valence-electron chi connectivity index (χ3n) is 5.80. The maximum Gasteiger partial charge on any atom is 0.419 e. The number of alkyl halides is 3. The fraction of sp³-hybridized carbons (Fsp3) is 0.579. The summed E-state index contributed by atoms with van der Waals surface area (Å²) in [5, 5.41) is 0. The standard InChI is InChI=1S/C19H22F3N3O/c20-19(21,22)15-7-3-9-23-17(15)24-10-4-6-14(11-24)18(26)25-12-13-5-1-2-8-16(13)25/h1-3,7,9,13-14,16H,4-6,8,10-12H2/t13-,14?,16-/m0/s1. The van der Waals surface area contributed by atoms with Gasteiger partial charge in [-0.2, -0.15) is 13.2 Å². The second-order valence-electron chi connectivity index (χ2n) is 7.42. The number of hydrogen-bond acceptors (Lipinski definition) is 3. The van der Waals surface area contributed by atoms with Gasteiger partial charge >= 0.3 is 6.18 Å². The summed E-state index contributed by atoms with van der Waals surface area (Å²) in [4.78, 5) is 20.5. The molecular formula is C19H22F3N3O. The molecule has 1 amide bonds. The lowest BCUT2D eigenvalue weighted by molar-refractivity contribution is -0.148. The van der Waals surface area contributed by atoms with Gasteiger partial charge in [-0.3, -0.25) is 4.79 Å². The Hall–Kier alpha value is -2.05. The Balaban J connectivity index is 1.49.